The average Bonchev–Trinajstić information content (AvgIpc) is 3.52. The number of nitrogens with zero attached hydrogens (tertiary/aromatic N) is 2. The Kier molecular flexibility index (Phi) is 7.00. The first-order valence-corrected chi connectivity index (χ1v) is 14.5. The van der Waals surface area contributed by atoms with Gasteiger partial charge in [0.1, 0.15) is 5.00 Å². The third-order valence-electron chi connectivity index (χ3n) is 7.66. The topological polar surface area (TPSA) is 63.6 Å². The van der Waals surface area contributed by atoms with Gasteiger partial charge < -0.3 is 19.5 Å². The van der Waals surface area contributed by atoms with Crippen molar-refractivity contribution in [2.45, 2.75) is 58.5 Å². The van der Waals surface area contributed by atoms with E-state index < -0.39 is 0 Å². The molecule has 0 saturated carbocycles. The molecule has 6 rings (SSSR count). The molecule has 6 nitrogen and oxygen atoms in total. The standard InChI is InChI=1S/C32H33N3O3S/c1-3-38-29(36)19-22-13-15-24(16-14-22)33-32(37)35-20-26-25-10-4-5-12-28(25)39-31(26)34-17-7-11-27(34)30(35)23-9-6-8-21(2)18-23/h6-9,11,13-18,30H,3-5,10,12,19-20H2,1-2H3,(H,33,37)/t30-/m1/s1. The van der Waals surface area contributed by atoms with Crippen LogP contribution >= 0.6 is 11.3 Å². The highest BCUT2D eigenvalue weighted by atomic mass is 32.1. The Balaban J connectivity index is 1.37. The van der Waals surface area contributed by atoms with Crippen LogP contribution in [0.4, 0.5) is 10.5 Å². The molecule has 1 aliphatic carbocycles. The number of hydrogen-bond acceptors (Lipinski definition) is 4. The number of anilines is 1. The third-order valence-corrected chi connectivity index (χ3v) is 8.99. The maximum absolute atomic E-state index is 14.1. The molecule has 7 heteroatoms. The predicted octanol–water partition coefficient (Wildman–Crippen LogP) is 6.97. The average molecular weight is 540 g/mol. The molecule has 0 bridgehead atoms. The van der Waals surface area contributed by atoms with Crippen LogP contribution in [0.25, 0.3) is 5.00 Å². The molecular formula is C32H33N3O3S. The smallest absolute Gasteiger partial charge is 0.322 e. The van der Waals surface area contributed by atoms with Gasteiger partial charge in [-0.3, -0.25) is 4.79 Å². The van der Waals surface area contributed by atoms with Gasteiger partial charge in [-0.1, -0.05) is 42.0 Å². The van der Waals surface area contributed by atoms with Gasteiger partial charge in [0.2, 0.25) is 0 Å². The van der Waals surface area contributed by atoms with Crippen molar-refractivity contribution >= 4 is 29.0 Å². The van der Waals surface area contributed by atoms with Crippen LogP contribution in [0.15, 0.2) is 66.9 Å². The minimum absolute atomic E-state index is 0.143. The molecule has 0 radical (unpaired) electrons. The Morgan fingerprint density at radius 2 is 1.85 bits per heavy atom. The lowest BCUT2D eigenvalue weighted by atomic mass is 9.95. The van der Waals surface area contributed by atoms with Crippen molar-refractivity contribution in [3.63, 3.8) is 0 Å². The second-order valence-electron chi connectivity index (χ2n) is 10.4. The molecular weight excluding hydrogens is 506 g/mol. The monoisotopic (exact) mass is 539 g/mol. The summed E-state index contributed by atoms with van der Waals surface area (Å²) in [7, 11) is 0. The van der Waals surface area contributed by atoms with E-state index in [-0.39, 0.29) is 24.5 Å². The highest BCUT2D eigenvalue weighted by Gasteiger charge is 2.36. The third kappa shape index (κ3) is 4.99. The van der Waals surface area contributed by atoms with Crippen molar-refractivity contribution in [2.24, 2.45) is 0 Å². The minimum Gasteiger partial charge on any atom is -0.466 e. The summed E-state index contributed by atoms with van der Waals surface area (Å²) in [6, 6.07) is 19.8. The van der Waals surface area contributed by atoms with Crippen molar-refractivity contribution in [1.29, 1.82) is 0 Å². The molecule has 1 N–H and O–H groups in total. The van der Waals surface area contributed by atoms with E-state index in [1.165, 1.54) is 39.4 Å². The molecule has 4 aromatic rings. The van der Waals surface area contributed by atoms with Crippen LogP contribution in [-0.4, -0.2) is 28.1 Å². The lowest BCUT2D eigenvalue weighted by Gasteiger charge is -2.31. The van der Waals surface area contributed by atoms with Gasteiger partial charge in [0.15, 0.2) is 0 Å². The molecule has 2 aliphatic rings. The molecule has 2 aromatic heterocycles. The number of carbonyl (C=O) groups is 2. The minimum atomic E-state index is -0.252. The second-order valence-corrected chi connectivity index (χ2v) is 11.4. The summed E-state index contributed by atoms with van der Waals surface area (Å²) < 4.78 is 7.37. The number of fused-ring (bicyclic) bond motifs is 5. The van der Waals surface area contributed by atoms with Gasteiger partial charge >= 0.3 is 12.0 Å². The second kappa shape index (κ2) is 10.7. The Morgan fingerprint density at radius 3 is 2.64 bits per heavy atom. The molecule has 0 saturated heterocycles. The maximum atomic E-state index is 14.1. The summed E-state index contributed by atoms with van der Waals surface area (Å²) in [6.45, 7) is 4.81. The van der Waals surface area contributed by atoms with Gasteiger partial charge in [-0.05, 0) is 80.5 Å². The van der Waals surface area contributed by atoms with Crippen molar-refractivity contribution in [2.75, 3.05) is 11.9 Å². The number of rotatable bonds is 5. The van der Waals surface area contributed by atoms with E-state index in [9.17, 15) is 9.59 Å². The Hall–Kier alpha value is -3.84. The zero-order valence-corrected chi connectivity index (χ0v) is 23.2. The van der Waals surface area contributed by atoms with Crippen LogP contribution in [-0.2, 0) is 35.3 Å². The number of urea groups is 1. The Labute approximate surface area is 233 Å². The number of nitrogens with one attached hydrogen (secondary N) is 1. The highest BCUT2D eigenvalue weighted by molar-refractivity contribution is 7.15. The highest BCUT2D eigenvalue weighted by Crippen LogP contribution is 2.44. The summed E-state index contributed by atoms with van der Waals surface area (Å²) in [6.07, 6.45) is 6.97. The van der Waals surface area contributed by atoms with E-state index in [1.807, 2.05) is 40.5 Å². The quantitative estimate of drug-likeness (QED) is 0.279. The van der Waals surface area contributed by atoms with Gasteiger partial charge in [-0.2, -0.15) is 0 Å². The lowest BCUT2D eigenvalue weighted by molar-refractivity contribution is -0.142. The summed E-state index contributed by atoms with van der Waals surface area (Å²) in [4.78, 5) is 29.4. The fraction of sp³-hybridized carbons (Fsp3) is 0.312. The largest absolute Gasteiger partial charge is 0.466 e. The normalized spacial score (nSPS) is 16.1. The van der Waals surface area contributed by atoms with E-state index in [2.05, 4.69) is 59.4 Å². The van der Waals surface area contributed by atoms with Crippen LogP contribution < -0.4 is 5.32 Å². The number of esters is 1. The number of aromatic nitrogens is 1. The van der Waals surface area contributed by atoms with Crippen LogP contribution in [0.3, 0.4) is 0 Å². The van der Waals surface area contributed by atoms with Gasteiger partial charge in [0, 0.05) is 22.3 Å². The number of carbonyl (C=O) groups excluding carboxylic acids is 2. The van der Waals surface area contributed by atoms with E-state index >= 15 is 0 Å². The zero-order valence-electron chi connectivity index (χ0n) is 22.4. The van der Waals surface area contributed by atoms with E-state index in [0.29, 0.717) is 18.8 Å². The summed E-state index contributed by atoms with van der Waals surface area (Å²) in [5.41, 5.74) is 7.62. The Bertz CT molecular complexity index is 1520. The van der Waals surface area contributed by atoms with Crippen LogP contribution in [0.1, 0.15) is 64.2 Å². The van der Waals surface area contributed by atoms with Crippen LogP contribution in [0.5, 0.6) is 0 Å². The SMILES string of the molecule is CCOC(=O)Cc1ccc(NC(=O)N2Cc3c(sc4c3CCCC4)-n3cccc3[C@H]2c2cccc(C)c2)cc1. The molecule has 0 fully saturated rings. The first kappa shape index (κ1) is 25.4. The maximum Gasteiger partial charge on any atom is 0.322 e. The molecule has 2 aromatic carbocycles. The fourth-order valence-electron chi connectivity index (χ4n) is 5.86. The Morgan fingerprint density at radius 1 is 1.03 bits per heavy atom. The molecule has 200 valence electrons. The van der Waals surface area contributed by atoms with Crippen LogP contribution in [0, 0.1) is 6.92 Å². The lowest BCUT2D eigenvalue weighted by Crippen LogP contribution is -2.38. The number of ether oxygens (including phenoxy) is 1. The molecule has 2 amide bonds. The molecule has 3 heterocycles. The summed E-state index contributed by atoms with van der Waals surface area (Å²) >= 11 is 1.89. The van der Waals surface area contributed by atoms with E-state index in [1.54, 1.807) is 6.92 Å². The van der Waals surface area contributed by atoms with E-state index in [4.69, 9.17) is 4.74 Å². The predicted molar refractivity (Wildman–Crippen MR) is 155 cm³/mol. The fourth-order valence-corrected chi connectivity index (χ4v) is 7.26. The van der Waals surface area contributed by atoms with Crippen LogP contribution in [0.2, 0.25) is 0 Å². The van der Waals surface area contributed by atoms with Crippen molar-refractivity contribution in [3.05, 3.63) is 105 Å². The van der Waals surface area contributed by atoms with Gasteiger partial charge in [-0.25, -0.2) is 4.79 Å². The van der Waals surface area contributed by atoms with Crippen molar-refractivity contribution in [3.8, 4) is 5.00 Å². The van der Waals surface area contributed by atoms with Gasteiger partial charge in [0.05, 0.1) is 31.3 Å². The number of aryl methyl sites for hydroxylation is 2. The van der Waals surface area contributed by atoms with E-state index in [0.717, 1.165) is 29.7 Å². The molecule has 39 heavy (non-hydrogen) atoms. The molecule has 0 unspecified atom stereocenters. The number of amides is 2. The first-order valence-electron chi connectivity index (χ1n) is 13.7. The van der Waals surface area contributed by atoms with Gasteiger partial charge in [-0.15, -0.1) is 11.3 Å². The molecule has 0 spiro atoms. The zero-order chi connectivity index (χ0) is 26.9. The molecule has 1 aliphatic heterocycles. The number of benzene rings is 2. The molecule has 1 atom stereocenters. The summed E-state index contributed by atoms with van der Waals surface area (Å²) in [5.74, 6) is -0.252. The number of thiophene rings is 1. The first-order chi connectivity index (χ1) is 19.0. The summed E-state index contributed by atoms with van der Waals surface area (Å²) in [5, 5.41) is 4.40. The van der Waals surface area contributed by atoms with Crippen molar-refractivity contribution < 1.29 is 14.3 Å². The van der Waals surface area contributed by atoms with Gasteiger partial charge in [0.25, 0.3) is 0 Å². The number of hydrogen-bond donors (Lipinski definition) is 1. The van der Waals surface area contributed by atoms with Crippen molar-refractivity contribution in [1.82, 2.24) is 9.47 Å².